The van der Waals surface area contributed by atoms with Crippen LogP contribution >= 0.6 is 11.6 Å². The lowest BCUT2D eigenvalue weighted by Gasteiger charge is -2.08. The molecule has 1 aromatic carbocycles. The predicted molar refractivity (Wildman–Crippen MR) is 59.2 cm³/mol. The van der Waals surface area contributed by atoms with Gasteiger partial charge < -0.3 is 10.5 Å². The number of carbonyl (C=O) groups is 1. The number of hydrogen-bond acceptors (Lipinski definition) is 3. The molecule has 0 spiro atoms. The maximum absolute atomic E-state index is 11.3. The first-order valence-electron chi connectivity index (χ1n) is 4.80. The second-order valence-electron chi connectivity index (χ2n) is 3.73. The molecule has 0 aromatic heterocycles. The van der Waals surface area contributed by atoms with Gasteiger partial charge in [-0.25, -0.2) is 4.79 Å². The summed E-state index contributed by atoms with van der Waals surface area (Å²) in [6.45, 7) is 0. The molecule has 0 amide bonds. The minimum atomic E-state index is -0.447. The summed E-state index contributed by atoms with van der Waals surface area (Å²) in [4.78, 5) is 11.3. The van der Waals surface area contributed by atoms with Gasteiger partial charge in [-0.3, -0.25) is 0 Å². The van der Waals surface area contributed by atoms with E-state index in [-0.39, 0.29) is 0 Å². The molecule has 1 aliphatic carbocycles. The van der Waals surface area contributed by atoms with Crippen LogP contribution in [-0.4, -0.2) is 13.1 Å². The Hall–Kier alpha value is -1.22. The van der Waals surface area contributed by atoms with Gasteiger partial charge in [-0.1, -0.05) is 11.6 Å². The van der Waals surface area contributed by atoms with Crippen molar-refractivity contribution in [1.82, 2.24) is 0 Å². The first-order chi connectivity index (χ1) is 7.13. The van der Waals surface area contributed by atoms with Crippen LogP contribution in [0, 0.1) is 0 Å². The maximum atomic E-state index is 11.3. The molecule has 0 atom stereocenters. The van der Waals surface area contributed by atoms with Crippen molar-refractivity contribution in [2.75, 3.05) is 12.8 Å². The molecule has 3 nitrogen and oxygen atoms in total. The number of nitrogen functional groups attached to an aromatic ring is 1. The van der Waals surface area contributed by atoms with E-state index in [1.165, 1.54) is 7.11 Å². The largest absolute Gasteiger partial charge is 0.465 e. The topological polar surface area (TPSA) is 52.3 Å². The number of rotatable bonds is 2. The third-order valence-corrected chi connectivity index (χ3v) is 2.92. The van der Waals surface area contributed by atoms with Crippen molar-refractivity contribution in [3.05, 3.63) is 28.3 Å². The lowest BCUT2D eigenvalue weighted by Crippen LogP contribution is -2.06. The maximum Gasteiger partial charge on any atom is 0.340 e. The Morgan fingerprint density at radius 1 is 1.53 bits per heavy atom. The van der Waals surface area contributed by atoms with E-state index in [0.717, 1.165) is 18.4 Å². The monoisotopic (exact) mass is 225 g/mol. The van der Waals surface area contributed by atoms with Crippen molar-refractivity contribution in [2.24, 2.45) is 0 Å². The van der Waals surface area contributed by atoms with Crippen molar-refractivity contribution in [3.8, 4) is 0 Å². The van der Waals surface area contributed by atoms with Gasteiger partial charge in [-0.2, -0.15) is 0 Å². The van der Waals surface area contributed by atoms with Gasteiger partial charge in [0.15, 0.2) is 0 Å². The van der Waals surface area contributed by atoms with E-state index < -0.39 is 5.97 Å². The second kappa shape index (κ2) is 3.74. The Bertz CT molecular complexity index is 413. The molecule has 0 unspecified atom stereocenters. The summed E-state index contributed by atoms with van der Waals surface area (Å²) < 4.78 is 4.61. The van der Waals surface area contributed by atoms with Crippen LogP contribution < -0.4 is 5.73 Å². The third-order valence-electron chi connectivity index (χ3n) is 2.59. The number of ether oxygens (including phenoxy) is 1. The normalized spacial score (nSPS) is 15.1. The summed E-state index contributed by atoms with van der Waals surface area (Å²) in [6, 6.07) is 3.38. The van der Waals surface area contributed by atoms with E-state index >= 15 is 0 Å². The summed E-state index contributed by atoms with van der Waals surface area (Å²) in [5.41, 5.74) is 7.59. The van der Waals surface area contributed by atoms with Gasteiger partial charge in [0.1, 0.15) is 0 Å². The van der Waals surface area contributed by atoms with Crippen molar-refractivity contribution >= 4 is 23.3 Å². The van der Waals surface area contributed by atoms with Gasteiger partial charge in [-0.15, -0.1) is 0 Å². The molecule has 0 saturated heterocycles. The fourth-order valence-electron chi connectivity index (χ4n) is 1.60. The van der Waals surface area contributed by atoms with Gasteiger partial charge in [0.25, 0.3) is 0 Å². The number of benzene rings is 1. The standard InChI is InChI=1S/C11H12ClNO2/c1-15-11(14)8-4-9(12)7(5-10(8)13)6-2-3-6/h4-6H,2-3,13H2,1H3. The molecule has 1 fully saturated rings. The highest BCUT2D eigenvalue weighted by molar-refractivity contribution is 6.32. The highest BCUT2D eigenvalue weighted by Crippen LogP contribution is 2.44. The van der Waals surface area contributed by atoms with Gasteiger partial charge in [-0.05, 0) is 36.5 Å². The van der Waals surface area contributed by atoms with Crippen LogP contribution in [0.25, 0.3) is 0 Å². The summed E-state index contributed by atoms with van der Waals surface area (Å²) in [6.07, 6.45) is 2.30. The van der Waals surface area contributed by atoms with Gasteiger partial charge in [0.05, 0.1) is 12.7 Å². The quantitative estimate of drug-likeness (QED) is 0.622. The Kier molecular flexibility index (Phi) is 2.57. The first kappa shape index (κ1) is 10.3. The van der Waals surface area contributed by atoms with E-state index in [1.807, 2.05) is 0 Å². The zero-order valence-electron chi connectivity index (χ0n) is 8.42. The SMILES string of the molecule is COC(=O)c1cc(Cl)c(C2CC2)cc1N. The van der Waals surface area contributed by atoms with Gasteiger partial charge in [0, 0.05) is 10.7 Å². The fourth-order valence-corrected chi connectivity index (χ4v) is 1.92. The van der Waals surface area contributed by atoms with Crippen molar-refractivity contribution in [3.63, 3.8) is 0 Å². The van der Waals surface area contributed by atoms with Crippen LogP contribution in [0.5, 0.6) is 0 Å². The summed E-state index contributed by atoms with van der Waals surface area (Å²) >= 11 is 6.07. The first-order valence-corrected chi connectivity index (χ1v) is 5.18. The number of carbonyl (C=O) groups excluding carboxylic acids is 1. The molecule has 4 heteroatoms. The summed E-state index contributed by atoms with van der Waals surface area (Å²) in [5.74, 6) is 0.0724. The van der Waals surface area contributed by atoms with E-state index in [1.54, 1.807) is 12.1 Å². The molecule has 0 bridgehead atoms. The Balaban J connectivity index is 2.42. The molecule has 80 valence electrons. The average Bonchev–Trinajstić information content (AvgIpc) is 3.03. The van der Waals surface area contributed by atoms with Crippen molar-refractivity contribution in [1.29, 1.82) is 0 Å². The molecule has 1 saturated carbocycles. The van der Waals surface area contributed by atoms with Crippen LogP contribution in [0.15, 0.2) is 12.1 Å². The number of nitrogens with two attached hydrogens (primary N) is 1. The summed E-state index contributed by atoms with van der Waals surface area (Å²) in [5, 5.41) is 0.604. The smallest absolute Gasteiger partial charge is 0.340 e. The Morgan fingerprint density at radius 3 is 2.73 bits per heavy atom. The lowest BCUT2D eigenvalue weighted by molar-refractivity contribution is 0.0602. The number of esters is 1. The molecular formula is C11H12ClNO2. The Morgan fingerprint density at radius 2 is 2.20 bits per heavy atom. The zero-order valence-corrected chi connectivity index (χ0v) is 9.17. The number of halogens is 1. The number of anilines is 1. The minimum Gasteiger partial charge on any atom is -0.465 e. The molecular weight excluding hydrogens is 214 g/mol. The van der Waals surface area contributed by atoms with E-state index in [0.29, 0.717) is 22.2 Å². The second-order valence-corrected chi connectivity index (χ2v) is 4.13. The highest BCUT2D eigenvalue weighted by atomic mass is 35.5. The van der Waals surface area contributed by atoms with Crippen LogP contribution in [-0.2, 0) is 4.74 Å². The molecule has 2 N–H and O–H groups in total. The van der Waals surface area contributed by atoms with E-state index in [4.69, 9.17) is 17.3 Å². The van der Waals surface area contributed by atoms with Crippen molar-refractivity contribution in [2.45, 2.75) is 18.8 Å². The van der Waals surface area contributed by atoms with Crippen LogP contribution in [0.4, 0.5) is 5.69 Å². The zero-order chi connectivity index (χ0) is 11.0. The molecule has 15 heavy (non-hydrogen) atoms. The molecule has 0 aliphatic heterocycles. The molecule has 2 rings (SSSR count). The third kappa shape index (κ3) is 1.92. The van der Waals surface area contributed by atoms with E-state index in [2.05, 4.69) is 4.74 Å². The van der Waals surface area contributed by atoms with Crippen LogP contribution in [0.1, 0.15) is 34.7 Å². The van der Waals surface area contributed by atoms with Gasteiger partial charge >= 0.3 is 5.97 Å². The lowest BCUT2D eigenvalue weighted by atomic mass is 10.1. The van der Waals surface area contributed by atoms with Gasteiger partial charge in [0.2, 0.25) is 0 Å². The predicted octanol–water partition coefficient (Wildman–Crippen LogP) is 2.59. The number of hydrogen-bond donors (Lipinski definition) is 1. The van der Waals surface area contributed by atoms with Crippen LogP contribution in [0.2, 0.25) is 5.02 Å². The molecule has 0 heterocycles. The van der Waals surface area contributed by atoms with Crippen LogP contribution in [0.3, 0.4) is 0 Å². The van der Waals surface area contributed by atoms with Crippen molar-refractivity contribution < 1.29 is 9.53 Å². The Labute approximate surface area is 93.2 Å². The van der Waals surface area contributed by atoms with E-state index in [9.17, 15) is 4.79 Å². The highest BCUT2D eigenvalue weighted by Gasteiger charge is 2.27. The summed E-state index contributed by atoms with van der Waals surface area (Å²) in [7, 11) is 1.32. The fraction of sp³-hybridized carbons (Fsp3) is 0.364. The number of methoxy groups -OCH3 is 1. The minimum absolute atomic E-state index is 0.340. The molecule has 0 radical (unpaired) electrons. The molecule has 1 aliphatic rings. The molecule has 1 aromatic rings. The average molecular weight is 226 g/mol.